The molecule has 1 unspecified atom stereocenters. The number of benzene rings is 1. The van der Waals surface area contributed by atoms with Crippen molar-refractivity contribution in [1.29, 1.82) is 0 Å². The number of esters is 1. The van der Waals surface area contributed by atoms with Crippen LogP contribution in [0.15, 0.2) is 22.7 Å². The van der Waals surface area contributed by atoms with Gasteiger partial charge in [-0.05, 0) is 54.4 Å². The number of halogens is 2. The maximum absolute atomic E-state index is 13.3. The normalized spacial score (nSPS) is 13.3. The highest BCUT2D eigenvalue weighted by molar-refractivity contribution is 9.10. The van der Waals surface area contributed by atoms with Crippen LogP contribution in [0.25, 0.3) is 0 Å². The van der Waals surface area contributed by atoms with Crippen molar-refractivity contribution in [2.45, 2.75) is 32.4 Å². The van der Waals surface area contributed by atoms with Crippen LogP contribution in [-0.2, 0) is 9.53 Å². The molecule has 94 valence electrons. The van der Waals surface area contributed by atoms with Gasteiger partial charge in [0, 0.05) is 0 Å². The molecule has 1 rings (SSSR count). The second-order valence-corrected chi connectivity index (χ2v) is 5.54. The summed E-state index contributed by atoms with van der Waals surface area (Å²) in [6, 6.07) is 3.34. The van der Waals surface area contributed by atoms with E-state index in [1.54, 1.807) is 26.8 Å². The molecule has 0 amide bonds. The van der Waals surface area contributed by atoms with Gasteiger partial charge < -0.3 is 10.5 Å². The van der Waals surface area contributed by atoms with Crippen molar-refractivity contribution in [3.05, 3.63) is 34.1 Å². The number of ether oxygens (including phenoxy) is 1. The fraction of sp³-hybridized carbons (Fsp3) is 0.417. The van der Waals surface area contributed by atoms with Crippen LogP contribution >= 0.6 is 15.9 Å². The molecule has 2 N–H and O–H groups in total. The fourth-order valence-corrected chi connectivity index (χ4v) is 1.45. The zero-order chi connectivity index (χ0) is 13.2. The van der Waals surface area contributed by atoms with Gasteiger partial charge in [-0.15, -0.1) is 0 Å². The van der Waals surface area contributed by atoms with Gasteiger partial charge in [-0.2, -0.15) is 0 Å². The predicted octanol–water partition coefficient (Wildman–Crippen LogP) is 2.93. The number of carbonyl (C=O) groups is 1. The van der Waals surface area contributed by atoms with E-state index in [4.69, 9.17) is 10.5 Å². The van der Waals surface area contributed by atoms with Crippen LogP contribution in [0.3, 0.4) is 0 Å². The molecule has 1 atom stereocenters. The summed E-state index contributed by atoms with van der Waals surface area (Å²) in [6.07, 6.45) is 0. The predicted molar refractivity (Wildman–Crippen MR) is 66.9 cm³/mol. The van der Waals surface area contributed by atoms with Gasteiger partial charge in [0.15, 0.2) is 0 Å². The Kier molecular flexibility index (Phi) is 4.27. The molecule has 0 saturated heterocycles. The number of carbonyl (C=O) groups excluding carboxylic acids is 1. The van der Waals surface area contributed by atoms with E-state index in [1.165, 1.54) is 12.1 Å². The van der Waals surface area contributed by atoms with E-state index in [0.717, 1.165) is 0 Å². The lowest BCUT2D eigenvalue weighted by molar-refractivity contribution is -0.156. The molecule has 0 spiro atoms. The minimum atomic E-state index is -0.975. The highest BCUT2D eigenvalue weighted by Crippen LogP contribution is 2.21. The number of nitrogens with two attached hydrogens (primary N) is 1. The van der Waals surface area contributed by atoms with E-state index >= 15 is 0 Å². The SMILES string of the molecule is CC(C)(C)OC(=O)C(N)c1ccc(Br)c(F)c1. The smallest absolute Gasteiger partial charge is 0.328 e. The molecular weight excluding hydrogens is 289 g/mol. The fourth-order valence-electron chi connectivity index (χ4n) is 1.21. The van der Waals surface area contributed by atoms with Crippen LogP contribution in [-0.4, -0.2) is 11.6 Å². The zero-order valence-corrected chi connectivity index (χ0v) is 11.5. The first-order valence-corrected chi connectivity index (χ1v) is 5.93. The Morgan fingerprint density at radius 3 is 2.53 bits per heavy atom. The van der Waals surface area contributed by atoms with Crippen molar-refractivity contribution in [2.75, 3.05) is 0 Å². The maximum Gasteiger partial charge on any atom is 0.328 e. The molecule has 0 bridgehead atoms. The third-order valence-corrected chi connectivity index (χ3v) is 2.61. The summed E-state index contributed by atoms with van der Waals surface area (Å²) in [7, 11) is 0. The van der Waals surface area contributed by atoms with Crippen molar-refractivity contribution in [2.24, 2.45) is 5.73 Å². The van der Waals surface area contributed by atoms with Crippen molar-refractivity contribution in [3.63, 3.8) is 0 Å². The molecule has 0 aliphatic rings. The monoisotopic (exact) mass is 303 g/mol. The molecule has 3 nitrogen and oxygen atoms in total. The van der Waals surface area contributed by atoms with E-state index in [0.29, 0.717) is 10.0 Å². The third-order valence-electron chi connectivity index (χ3n) is 1.96. The Balaban J connectivity index is 2.85. The van der Waals surface area contributed by atoms with Crippen molar-refractivity contribution < 1.29 is 13.9 Å². The molecular formula is C12H15BrFNO2. The van der Waals surface area contributed by atoms with Crippen LogP contribution in [0.5, 0.6) is 0 Å². The summed E-state index contributed by atoms with van der Waals surface area (Å²) in [4.78, 5) is 11.7. The van der Waals surface area contributed by atoms with Gasteiger partial charge in [0.2, 0.25) is 0 Å². The number of rotatable bonds is 2. The van der Waals surface area contributed by atoms with Gasteiger partial charge in [0.05, 0.1) is 4.47 Å². The van der Waals surface area contributed by atoms with Crippen LogP contribution in [0.4, 0.5) is 4.39 Å². The largest absolute Gasteiger partial charge is 0.459 e. The molecule has 17 heavy (non-hydrogen) atoms. The van der Waals surface area contributed by atoms with Crippen LogP contribution in [0.1, 0.15) is 32.4 Å². The average molecular weight is 304 g/mol. The lowest BCUT2D eigenvalue weighted by Gasteiger charge is -2.22. The topological polar surface area (TPSA) is 52.3 Å². The third kappa shape index (κ3) is 4.09. The average Bonchev–Trinajstić information content (AvgIpc) is 2.18. The Hall–Kier alpha value is -0.940. The molecule has 0 aliphatic carbocycles. The second kappa shape index (κ2) is 5.14. The van der Waals surface area contributed by atoms with E-state index in [-0.39, 0.29) is 0 Å². The van der Waals surface area contributed by atoms with Gasteiger partial charge in [-0.1, -0.05) is 6.07 Å². The van der Waals surface area contributed by atoms with Crippen LogP contribution in [0.2, 0.25) is 0 Å². The van der Waals surface area contributed by atoms with Crippen molar-refractivity contribution >= 4 is 21.9 Å². The van der Waals surface area contributed by atoms with E-state index in [2.05, 4.69) is 15.9 Å². The minimum Gasteiger partial charge on any atom is -0.459 e. The van der Waals surface area contributed by atoms with Gasteiger partial charge in [0.1, 0.15) is 17.5 Å². The summed E-state index contributed by atoms with van der Waals surface area (Å²) >= 11 is 3.03. The quantitative estimate of drug-likeness (QED) is 0.855. The maximum atomic E-state index is 13.3. The Morgan fingerprint density at radius 2 is 2.06 bits per heavy atom. The van der Waals surface area contributed by atoms with Gasteiger partial charge in [0.25, 0.3) is 0 Å². The first-order valence-electron chi connectivity index (χ1n) is 5.14. The second-order valence-electron chi connectivity index (χ2n) is 4.68. The summed E-state index contributed by atoms with van der Waals surface area (Å²) in [5.74, 6) is -1.03. The molecule has 0 heterocycles. The Bertz CT molecular complexity index is 429. The van der Waals surface area contributed by atoms with E-state index < -0.39 is 23.4 Å². The van der Waals surface area contributed by atoms with Crippen molar-refractivity contribution in [3.8, 4) is 0 Å². The van der Waals surface area contributed by atoms with E-state index in [1.807, 2.05) is 0 Å². The molecule has 0 radical (unpaired) electrons. The van der Waals surface area contributed by atoms with Gasteiger partial charge >= 0.3 is 5.97 Å². The van der Waals surface area contributed by atoms with Gasteiger partial charge in [-0.25, -0.2) is 9.18 Å². The standard InChI is InChI=1S/C12H15BrFNO2/c1-12(2,3)17-11(16)10(15)7-4-5-8(13)9(14)6-7/h4-6,10H,15H2,1-3H3. The first-order chi connectivity index (χ1) is 7.70. The number of hydrogen-bond donors (Lipinski definition) is 1. The summed E-state index contributed by atoms with van der Waals surface area (Å²) in [5.41, 5.74) is 5.49. The van der Waals surface area contributed by atoms with Crippen LogP contribution < -0.4 is 5.73 Å². The van der Waals surface area contributed by atoms with Crippen LogP contribution in [0, 0.1) is 5.82 Å². The summed E-state index contributed by atoms with van der Waals surface area (Å²) < 4.78 is 18.7. The first kappa shape index (κ1) is 14.1. The summed E-state index contributed by atoms with van der Waals surface area (Å²) in [5, 5.41) is 0. The molecule has 0 aromatic heterocycles. The Morgan fingerprint density at radius 1 is 1.47 bits per heavy atom. The molecule has 1 aromatic rings. The molecule has 0 aliphatic heterocycles. The summed E-state index contributed by atoms with van der Waals surface area (Å²) in [6.45, 7) is 5.25. The van der Waals surface area contributed by atoms with Gasteiger partial charge in [-0.3, -0.25) is 0 Å². The lowest BCUT2D eigenvalue weighted by atomic mass is 10.1. The molecule has 0 fully saturated rings. The molecule has 1 aromatic carbocycles. The minimum absolute atomic E-state index is 0.331. The highest BCUT2D eigenvalue weighted by Gasteiger charge is 2.23. The Labute approximate surface area is 108 Å². The molecule has 0 saturated carbocycles. The zero-order valence-electron chi connectivity index (χ0n) is 9.96. The highest BCUT2D eigenvalue weighted by atomic mass is 79.9. The molecule has 5 heteroatoms. The number of hydrogen-bond acceptors (Lipinski definition) is 3. The van der Waals surface area contributed by atoms with E-state index in [9.17, 15) is 9.18 Å². The van der Waals surface area contributed by atoms with Crippen molar-refractivity contribution in [1.82, 2.24) is 0 Å². The lowest BCUT2D eigenvalue weighted by Crippen LogP contribution is -2.31.